The molecule has 0 heterocycles. The fraction of sp³-hybridized carbons (Fsp3) is 0.0435. The molecule has 0 aliphatic heterocycles. The first-order valence-corrected chi connectivity index (χ1v) is 11.0. The quantitative estimate of drug-likeness (QED) is 0.275. The average molecular weight is 451 g/mol. The number of nitrogens with one attached hydrogen (secondary N) is 2. The third kappa shape index (κ3) is 5.09. The van der Waals surface area contributed by atoms with Crippen molar-refractivity contribution in [3.63, 3.8) is 0 Å². The molecule has 0 fully saturated rings. The largest absolute Gasteiger partial charge is 0.384 e. The summed E-state index contributed by atoms with van der Waals surface area (Å²) in [5.74, 6) is -0.830. The predicted octanol–water partition coefficient (Wildman–Crippen LogP) is 2.30. The van der Waals surface area contributed by atoms with E-state index in [1.54, 1.807) is 66.7 Å². The van der Waals surface area contributed by atoms with Crippen LogP contribution in [0.2, 0.25) is 0 Å². The minimum Gasteiger partial charge on any atom is -0.384 e. The maximum absolute atomic E-state index is 12.5. The van der Waals surface area contributed by atoms with E-state index in [9.17, 15) is 18.3 Å². The summed E-state index contributed by atoms with van der Waals surface area (Å²) in [6.45, 7) is 3.78. The van der Waals surface area contributed by atoms with Gasteiger partial charge < -0.3 is 16.2 Å². The fourth-order valence-electron chi connectivity index (χ4n) is 3.10. The number of nitrogen functional groups attached to an aromatic ring is 1. The van der Waals surface area contributed by atoms with Gasteiger partial charge in [-0.2, -0.15) is 0 Å². The van der Waals surface area contributed by atoms with Crippen LogP contribution in [0.5, 0.6) is 0 Å². The Labute approximate surface area is 185 Å². The molecule has 8 nitrogen and oxygen atoms in total. The Morgan fingerprint density at radius 2 is 1.62 bits per heavy atom. The smallest absolute Gasteiger partial charge is 0.257 e. The van der Waals surface area contributed by atoms with Gasteiger partial charge in [0.25, 0.3) is 5.91 Å². The molecule has 7 N–H and O–H groups in total. The number of carbonyl (C=O) groups is 1. The molecule has 1 unspecified atom stereocenters. The highest BCUT2D eigenvalue weighted by molar-refractivity contribution is 7.89. The van der Waals surface area contributed by atoms with Crippen LogP contribution in [0.4, 0.5) is 5.69 Å². The number of rotatable bonds is 7. The molecule has 0 aliphatic carbocycles. The van der Waals surface area contributed by atoms with Crippen LogP contribution in [0.25, 0.3) is 16.7 Å². The molecule has 1 amide bonds. The van der Waals surface area contributed by atoms with Crippen LogP contribution < -0.4 is 16.2 Å². The van der Waals surface area contributed by atoms with E-state index in [0.29, 0.717) is 27.9 Å². The van der Waals surface area contributed by atoms with Crippen LogP contribution in [0, 0.1) is 5.41 Å². The van der Waals surface area contributed by atoms with Gasteiger partial charge in [0.15, 0.2) is 6.10 Å². The van der Waals surface area contributed by atoms with Crippen LogP contribution >= 0.6 is 0 Å². The van der Waals surface area contributed by atoms with E-state index < -0.39 is 22.0 Å². The second kappa shape index (κ2) is 9.15. The van der Waals surface area contributed by atoms with E-state index in [2.05, 4.69) is 11.9 Å². The number of sulfonamides is 1. The summed E-state index contributed by atoms with van der Waals surface area (Å²) < 4.78 is 23.6. The Morgan fingerprint density at radius 1 is 1.00 bits per heavy atom. The highest BCUT2D eigenvalue weighted by Crippen LogP contribution is 2.28. The Hall–Kier alpha value is -3.79. The molecule has 0 aliphatic rings. The van der Waals surface area contributed by atoms with E-state index in [1.165, 1.54) is 6.07 Å². The Kier molecular flexibility index (Phi) is 6.54. The lowest BCUT2D eigenvalue weighted by Gasteiger charge is -2.15. The van der Waals surface area contributed by atoms with Crippen molar-refractivity contribution >= 4 is 33.0 Å². The molecule has 0 saturated carbocycles. The number of anilines is 1. The lowest BCUT2D eigenvalue weighted by Crippen LogP contribution is -2.28. The Morgan fingerprint density at radius 3 is 2.25 bits per heavy atom. The maximum atomic E-state index is 12.5. The van der Waals surface area contributed by atoms with Gasteiger partial charge in [0.05, 0.1) is 4.90 Å². The standard InChI is InChI=1S/C23H22N4O4S/c1-14(16-5-4-6-17(13-16)22(24)25)21(28)23(29)27-18-11-9-15(10-12-18)19-7-2-3-8-20(19)32(26,30)31/h2-13,21,28H,1H2,(H3,24,25)(H,27,29)(H2,26,30,31). The second-order valence-corrected chi connectivity index (χ2v) is 8.56. The molecule has 0 bridgehead atoms. The summed E-state index contributed by atoms with van der Waals surface area (Å²) in [6, 6.07) is 19.3. The molecular weight excluding hydrogens is 428 g/mol. The molecule has 1 atom stereocenters. The van der Waals surface area contributed by atoms with Crippen molar-refractivity contribution in [1.29, 1.82) is 5.41 Å². The minimum atomic E-state index is -3.90. The molecule has 3 aromatic carbocycles. The summed E-state index contributed by atoms with van der Waals surface area (Å²) in [7, 11) is -3.90. The number of aliphatic hydroxyl groups excluding tert-OH is 1. The molecule has 9 heteroatoms. The van der Waals surface area contributed by atoms with Crippen molar-refractivity contribution in [1.82, 2.24) is 0 Å². The predicted molar refractivity (Wildman–Crippen MR) is 124 cm³/mol. The van der Waals surface area contributed by atoms with Gasteiger partial charge >= 0.3 is 0 Å². The number of nitrogens with two attached hydrogens (primary N) is 2. The summed E-state index contributed by atoms with van der Waals surface area (Å²) in [5.41, 5.74) is 8.00. The normalized spacial score (nSPS) is 12.1. The average Bonchev–Trinajstić information content (AvgIpc) is 2.78. The van der Waals surface area contributed by atoms with Crippen molar-refractivity contribution in [2.45, 2.75) is 11.0 Å². The molecule has 164 valence electrons. The number of primary sulfonamides is 1. The van der Waals surface area contributed by atoms with Crippen molar-refractivity contribution in [2.24, 2.45) is 10.9 Å². The highest BCUT2D eigenvalue weighted by Gasteiger charge is 2.21. The van der Waals surface area contributed by atoms with Crippen LogP contribution in [0.15, 0.2) is 84.3 Å². The van der Waals surface area contributed by atoms with Crippen molar-refractivity contribution < 1.29 is 18.3 Å². The second-order valence-electron chi connectivity index (χ2n) is 7.03. The molecule has 0 radical (unpaired) electrons. The first-order chi connectivity index (χ1) is 15.1. The van der Waals surface area contributed by atoms with Gasteiger partial charge in [0.2, 0.25) is 10.0 Å². The molecule has 0 spiro atoms. The van der Waals surface area contributed by atoms with Gasteiger partial charge in [-0.1, -0.05) is 55.1 Å². The third-order valence-electron chi connectivity index (χ3n) is 4.78. The van der Waals surface area contributed by atoms with Crippen LogP contribution in [0.3, 0.4) is 0 Å². The van der Waals surface area contributed by atoms with E-state index >= 15 is 0 Å². The van der Waals surface area contributed by atoms with Crippen molar-refractivity contribution in [2.75, 3.05) is 5.32 Å². The summed E-state index contributed by atoms with van der Waals surface area (Å²) in [4.78, 5) is 12.5. The fourth-order valence-corrected chi connectivity index (χ4v) is 3.86. The summed E-state index contributed by atoms with van der Waals surface area (Å²) >= 11 is 0. The molecule has 32 heavy (non-hydrogen) atoms. The van der Waals surface area contributed by atoms with Crippen molar-refractivity contribution in [3.05, 3.63) is 90.5 Å². The maximum Gasteiger partial charge on any atom is 0.257 e. The molecular formula is C23H22N4O4S. The van der Waals surface area contributed by atoms with Gasteiger partial charge in [0.1, 0.15) is 5.84 Å². The third-order valence-corrected chi connectivity index (χ3v) is 5.75. The van der Waals surface area contributed by atoms with E-state index in [0.717, 1.165) is 0 Å². The number of hydrogen-bond acceptors (Lipinski definition) is 5. The van der Waals surface area contributed by atoms with Gasteiger partial charge in [-0.3, -0.25) is 10.2 Å². The van der Waals surface area contributed by atoms with Gasteiger partial charge in [0, 0.05) is 16.8 Å². The first kappa shape index (κ1) is 22.9. The molecule has 0 aromatic heterocycles. The zero-order chi connectivity index (χ0) is 23.5. The highest BCUT2D eigenvalue weighted by atomic mass is 32.2. The number of hydrogen-bond donors (Lipinski definition) is 5. The summed E-state index contributed by atoms with van der Waals surface area (Å²) in [6.07, 6.45) is -1.53. The topological polar surface area (TPSA) is 159 Å². The monoisotopic (exact) mass is 450 g/mol. The molecule has 3 rings (SSSR count). The number of benzene rings is 3. The number of amidine groups is 1. The SMILES string of the molecule is C=C(c1cccc(C(=N)N)c1)C(O)C(=O)Nc1ccc(-c2ccccc2S(N)(=O)=O)cc1. The lowest BCUT2D eigenvalue weighted by molar-refractivity contribution is -0.121. The van der Waals surface area contributed by atoms with Gasteiger partial charge in [-0.05, 0) is 41.0 Å². The van der Waals surface area contributed by atoms with Crippen LogP contribution in [-0.4, -0.2) is 31.4 Å². The number of aliphatic hydroxyl groups is 1. The van der Waals surface area contributed by atoms with Crippen LogP contribution in [-0.2, 0) is 14.8 Å². The minimum absolute atomic E-state index is 0.00343. The molecule has 0 saturated heterocycles. The Balaban J connectivity index is 1.76. The lowest BCUT2D eigenvalue weighted by atomic mass is 9.99. The first-order valence-electron chi connectivity index (χ1n) is 9.43. The number of carbonyl (C=O) groups excluding carboxylic acids is 1. The van der Waals surface area contributed by atoms with E-state index in [-0.39, 0.29) is 16.3 Å². The van der Waals surface area contributed by atoms with Crippen LogP contribution in [0.1, 0.15) is 11.1 Å². The number of amides is 1. The van der Waals surface area contributed by atoms with Gasteiger partial charge in [-0.25, -0.2) is 13.6 Å². The molecule has 3 aromatic rings. The Bertz CT molecular complexity index is 1300. The zero-order valence-electron chi connectivity index (χ0n) is 16.9. The van der Waals surface area contributed by atoms with Crippen molar-refractivity contribution in [3.8, 4) is 11.1 Å². The van der Waals surface area contributed by atoms with E-state index in [1.807, 2.05) is 0 Å². The van der Waals surface area contributed by atoms with E-state index in [4.69, 9.17) is 16.3 Å². The summed E-state index contributed by atoms with van der Waals surface area (Å²) in [5, 5.41) is 25.8. The van der Waals surface area contributed by atoms with Gasteiger partial charge in [-0.15, -0.1) is 0 Å². The zero-order valence-corrected chi connectivity index (χ0v) is 17.8.